The molecule has 1 unspecified atom stereocenters. The molecule has 0 aliphatic rings. The third-order valence-electron chi connectivity index (χ3n) is 3.81. The molecule has 1 N–H and O–H groups in total. The highest BCUT2D eigenvalue weighted by molar-refractivity contribution is 6.30. The molecule has 0 heterocycles. The maximum Gasteiger partial charge on any atom is 0.298 e. The maximum absolute atomic E-state index is 14.3. The molecular formula is C18H25ClF2O. The Morgan fingerprint density at radius 2 is 1.86 bits per heavy atom. The summed E-state index contributed by atoms with van der Waals surface area (Å²) in [5.41, 5.74) is -0.0999. The van der Waals surface area contributed by atoms with E-state index in [-0.39, 0.29) is 17.6 Å². The van der Waals surface area contributed by atoms with Crippen LogP contribution >= 0.6 is 11.6 Å². The van der Waals surface area contributed by atoms with E-state index < -0.39 is 12.0 Å². The van der Waals surface area contributed by atoms with E-state index >= 15 is 0 Å². The molecule has 0 spiro atoms. The Labute approximate surface area is 137 Å². The van der Waals surface area contributed by atoms with E-state index in [0.29, 0.717) is 11.4 Å². The highest BCUT2D eigenvalue weighted by atomic mass is 35.5. The first kappa shape index (κ1) is 19.1. The van der Waals surface area contributed by atoms with Gasteiger partial charge in [-0.1, -0.05) is 69.3 Å². The lowest BCUT2D eigenvalue weighted by molar-refractivity contribution is -0.0825. The van der Waals surface area contributed by atoms with E-state index in [2.05, 4.69) is 13.5 Å². The molecule has 1 rings (SSSR count). The van der Waals surface area contributed by atoms with Gasteiger partial charge in [0.2, 0.25) is 0 Å². The van der Waals surface area contributed by atoms with Crippen LogP contribution in [0.3, 0.4) is 0 Å². The van der Waals surface area contributed by atoms with Gasteiger partial charge in [0, 0.05) is 5.02 Å². The Kier molecular flexibility index (Phi) is 8.05. The summed E-state index contributed by atoms with van der Waals surface area (Å²) in [5, 5.41) is 10.3. The van der Waals surface area contributed by atoms with Crippen LogP contribution < -0.4 is 0 Å². The number of alkyl halides is 2. The first-order valence-electron chi connectivity index (χ1n) is 7.89. The van der Waals surface area contributed by atoms with E-state index in [0.717, 1.165) is 25.7 Å². The Morgan fingerprint density at radius 1 is 1.23 bits per heavy atom. The van der Waals surface area contributed by atoms with Gasteiger partial charge in [-0.15, -0.1) is 0 Å². The fourth-order valence-corrected chi connectivity index (χ4v) is 2.56. The third kappa shape index (κ3) is 5.69. The van der Waals surface area contributed by atoms with Crippen molar-refractivity contribution in [2.75, 3.05) is 0 Å². The lowest BCUT2D eigenvalue weighted by Crippen LogP contribution is -2.28. The third-order valence-corrected chi connectivity index (χ3v) is 4.05. The van der Waals surface area contributed by atoms with Crippen molar-refractivity contribution in [3.8, 4) is 0 Å². The molecule has 1 aromatic carbocycles. The van der Waals surface area contributed by atoms with Crippen LogP contribution in [-0.4, -0.2) is 11.0 Å². The van der Waals surface area contributed by atoms with E-state index in [1.165, 1.54) is 18.6 Å². The number of aliphatic hydroxyl groups excluding tert-OH is 1. The van der Waals surface area contributed by atoms with E-state index in [1.807, 2.05) is 0 Å². The van der Waals surface area contributed by atoms with Gasteiger partial charge in [-0.3, -0.25) is 0 Å². The Hall–Kier alpha value is -0.930. The Morgan fingerprint density at radius 3 is 2.50 bits per heavy atom. The van der Waals surface area contributed by atoms with Crippen molar-refractivity contribution in [3.05, 3.63) is 47.0 Å². The summed E-state index contributed by atoms with van der Waals surface area (Å²) >= 11 is 5.78. The molecule has 0 aliphatic heterocycles. The van der Waals surface area contributed by atoms with Crippen LogP contribution in [0.5, 0.6) is 0 Å². The minimum Gasteiger partial charge on any atom is -0.382 e. The van der Waals surface area contributed by atoms with Crippen LogP contribution in [0.4, 0.5) is 8.78 Å². The average molecular weight is 331 g/mol. The lowest BCUT2D eigenvalue weighted by Gasteiger charge is -2.25. The van der Waals surface area contributed by atoms with Gasteiger partial charge in [0.15, 0.2) is 0 Å². The summed E-state index contributed by atoms with van der Waals surface area (Å²) in [5.74, 6) is -3.34. The standard InChI is InChI=1S/C18H25ClF2O/c1-3-4-5-6-7-8-10-14(2)18(20,21)17(22)15-11-9-12-16(19)13-15/h9,11-13,17,22H,2-8,10H2,1H3. The van der Waals surface area contributed by atoms with Gasteiger partial charge in [-0.2, -0.15) is 8.78 Å². The second kappa shape index (κ2) is 9.26. The molecule has 0 bridgehead atoms. The molecule has 1 nitrogen and oxygen atoms in total. The van der Waals surface area contributed by atoms with Gasteiger partial charge in [0.1, 0.15) is 6.10 Å². The number of rotatable bonds is 10. The molecule has 22 heavy (non-hydrogen) atoms. The van der Waals surface area contributed by atoms with Crippen molar-refractivity contribution < 1.29 is 13.9 Å². The number of benzene rings is 1. The van der Waals surface area contributed by atoms with Crippen LogP contribution in [0, 0.1) is 0 Å². The molecular weight excluding hydrogens is 306 g/mol. The van der Waals surface area contributed by atoms with E-state index in [1.54, 1.807) is 12.1 Å². The van der Waals surface area contributed by atoms with Crippen molar-refractivity contribution >= 4 is 11.6 Å². The van der Waals surface area contributed by atoms with Crippen molar-refractivity contribution in [1.29, 1.82) is 0 Å². The molecule has 1 aromatic rings. The second-order valence-electron chi connectivity index (χ2n) is 5.70. The van der Waals surface area contributed by atoms with Crippen LogP contribution in [-0.2, 0) is 0 Å². The highest BCUT2D eigenvalue weighted by Gasteiger charge is 2.41. The van der Waals surface area contributed by atoms with Gasteiger partial charge < -0.3 is 5.11 Å². The molecule has 4 heteroatoms. The van der Waals surface area contributed by atoms with Gasteiger partial charge in [0.05, 0.1) is 0 Å². The zero-order chi connectivity index (χ0) is 16.6. The number of unbranched alkanes of at least 4 members (excludes halogenated alkanes) is 5. The van der Waals surface area contributed by atoms with Crippen molar-refractivity contribution in [1.82, 2.24) is 0 Å². The highest BCUT2D eigenvalue weighted by Crippen LogP contribution is 2.39. The predicted molar refractivity (Wildman–Crippen MR) is 88.5 cm³/mol. The van der Waals surface area contributed by atoms with Crippen molar-refractivity contribution in [3.63, 3.8) is 0 Å². The largest absolute Gasteiger partial charge is 0.382 e. The molecule has 0 saturated carbocycles. The fourth-order valence-electron chi connectivity index (χ4n) is 2.36. The van der Waals surface area contributed by atoms with Gasteiger partial charge in [-0.25, -0.2) is 0 Å². The SMILES string of the molecule is C=C(CCCCCCCC)C(F)(F)C(O)c1cccc(Cl)c1. The minimum absolute atomic E-state index is 0.113. The van der Waals surface area contributed by atoms with Crippen LogP contribution in [0.25, 0.3) is 0 Å². The zero-order valence-corrected chi connectivity index (χ0v) is 13.9. The van der Waals surface area contributed by atoms with Crippen LogP contribution in [0.2, 0.25) is 5.02 Å². The smallest absolute Gasteiger partial charge is 0.298 e. The second-order valence-corrected chi connectivity index (χ2v) is 6.14. The summed E-state index contributed by atoms with van der Waals surface area (Å²) < 4.78 is 28.5. The van der Waals surface area contributed by atoms with Gasteiger partial charge in [0.25, 0.3) is 5.92 Å². The fraction of sp³-hybridized carbons (Fsp3) is 0.556. The normalized spacial score (nSPS) is 13.1. The van der Waals surface area contributed by atoms with E-state index in [9.17, 15) is 13.9 Å². The molecule has 0 fully saturated rings. The first-order valence-corrected chi connectivity index (χ1v) is 8.27. The molecule has 0 radical (unpaired) electrons. The molecule has 0 aromatic heterocycles. The first-order chi connectivity index (χ1) is 10.4. The van der Waals surface area contributed by atoms with Crippen molar-refractivity contribution in [2.24, 2.45) is 0 Å². The summed E-state index contributed by atoms with van der Waals surface area (Å²) in [6.45, 7) is 5.62. The van der Waals surface area contributed by atoms with Gasteiger partial charge >= 0.3 is 0 Å². The molecule has 0 aliphatic carbocycles. The molecule has 0 amide bonds. The summed E-state index contributed by atoms with van der Waals surface area (Å²) in [6.07, 6.45) is 4.48. The minimum atomic E-state index is -3.34. The van der Waals surface area contributed by atoms with Crippen molar-refractivity contribution in [2.45, 2.75) is 63.9 Å². The maximum atomic E-state index is 14.3. The molecule has 1 atom stereocenters. The molecule has 124 valence electrons. The summed E-state index contributed by atoms with van der Waals surface area (Å²) in [7, 11) is 0. The number of halogens is 3. The number of hydrogen-bond donors (Lipinski definition) is 1. The lowest BCUT2D eigenvalue weighted by atomic mass is 9.94. The zero-order valence-electron chi connectivity index (χ0n) is 13.1. The quantitative estimate of drug-likeness (QED) is 0.393. The Balaban J connectivity index is 2.51. The van der Waals surface area contributed by atoms with E-state index in [4.69, 9.17) is 11.6 Å². The van der Waals surface area contributed by atoms with Crippen LogP contribution in [0.1, 0.15) is 63.5 Å². The number of hydrogen-bond acceptors (Lipinski definition) is 1. The molecule has 0 saturated heterocycles. The average Bonchev–Trinajstić information content (AvgIpc) is 2.49. The topological polar surface area (TPSA) is 20.2 Å². The van der Waals surface area contributed by atoms with Gasteiger partial charge in [-0.05, 0) is 36.1 Å². The number of aliphatic hydroxyl groups is 1. The van der Waals surface area contributed by atoms with Crippen LogP contribution in [0.15, 0.2) is 36.4 Å². The Bertz CT molecular complexity index is 474. The predicted octanol–water partition coefficient (Wildman–Crippen LogP) is 6.32. The monoisotopic (exact) mass is 330 g/mol. The summed E-state index contributed by atoms with van der Waals surface area (Å²) in [6, 6.07) is 5.94. The summed E-state index contributed by atoms with van der Waals surface area (Å²) in [4.78, 5) is 0.